The van der Waals surface area contributed by atoms with E-state index < -0.39 is 0 Å². The van der Waals surface area contributed by atoms with E-state index in [2.05, 4.69) is 11.1 Å². The Labute approximate surface area is 106 Å². The van der Waals surface area contributed by atoms with Crippen molar-refractivity contribution in [3.05, 3.63) is 45.7 Å². The maximum absolute atomic E-state index is 6.12. The molecule has 0 radical (unpaired) electrons. The first-order valence-electron chi connectivity index (χ1n) is 5.52. The van der Waals surface area contributed by atoms with Gasteiger partial charge in [-0.1, -0.05) is 23.7 Å². The van der Waals surface area contributed by atoms with E-state index in [0.717, 1.165) is 28.4 Å². The van der Waals surface area contributed by atoms with Crippen molar-refractivity contribution in [1.82, 2.24) is 9.55 Å². The van der Waals surface area contributed by atoms with Crippen molar-refractivity contribution >= 4 is 17.5 Å². The van der Waals surface area contributed by atoms with Crippen molar-refractivity contribution in [2.24, 2.45) is 7.05 Å². The molecule has 0 saturated heterocycles. The van der Waals surface area contributed by atoms with Crippen molar-refractivity contribution in [3.63, 3.8) is 0 Å². The summed E-state index contributed by atoms with van der Waals surface area (Å²) in [7, 11) is 1.94. The monoisotopic (exact) mass is 249 g/mol. The summed E-state index contributed by atoms with van der Waals surface area (Å²) in [5.74, 6) is 0.553. The summed E-state index contributed by atoms with van der Waals surface area (Å²) in [6, 6.07) is 5.97. The van der Waals surface area contributed by atoms with Crippen LogP contribution >= 0.6 is 11.6 Å². The fourth-order valence-electron chi connectivity index (χ4n) is 1.96. The highest BCUT2D eigenvalue weighted by molar-refractivity contribution is 6.31. The third-order valence-electron chi connectivity index (χ3n) is 3.19. The molecule has 1 aromatic carbocycles. The van der Waals surface area contributed by atoms with Crippen LogP contribution in [0, 0.1) is 13.8 Å². The van der Waals surface area contributed by atoms with Gasteiger partial charge in [0.15, 0.2) is 5.95 Å². The largest absolute Gasteiger partial charge is 0.369 e. The van der Waals surface area contributed by atoms with Gasteiger partial charge in [-0.25, -0.2) is 4.98 Å². The summed E-state index contributed by atoms with van der Waals surface area (Å²) in [6.45, 7) is 4.01. The minimum absolute atomic E-state index is 0.553. The zero-order valence-electron chi connectivity index (χ0n) is 10.3. The Morgan fingerprint density at radius 3 is 2.65 bits per heavy atom. The Kier molecular flexibility index (Phi) is 3.11. The minimum atomic E-state index is 0.553. The van der Waals surface area contributed by atoms with E-state index in [9.17, 15) is 0 Å². The fourth-order valence-corrected chi connectivity index (χ4v) is 2.16. The maximum atomic E-state index is 6.12. The molecular weight excluding hydrogens is 234 g/mol. The summed E-state index contributed by atoms with van der Waals surface area (Å²) in [5, 5.41) is 0.801. The number of aromatic nitrogens is 2. The van der Waals surface area contributed by atoms with Crippen molar-refractivity contribution < 1.29 is 0 Å². The molecule has 0 unspecified atom stereocenters. The van der Waals surface area contributed by atoms with Gasteiger partial charge in [-0.3, -0.25) is 0 Å². The van der Waals surface area contributed by atoms with Crippen molar-refractivity contribution in [2.75, 3.05) is 5.73 Å². The Morgan fingerprint density at radius 1 is 1.35 bits per heavy atom. The van der Waals surface area contributed by atoms with E-state index in [-0.39, 0.29) is 0 Å². The molecule has 2 aromatic rings. The second kappa shape index (κ2) is 4.41. The van der Waals surface area contributed by atoms with E-state index in [1.165, 1.54) is 5.56 Å². The predicted octanol–water partition coefficient (Wildman–Crippen LogP) is 2.86. The van der Waals surface area contributed by atoms with Crippen LogP contribution in [0.25, 0.3) is 0 Å². The fraction of sp³-hybridized carbons (Fsp3) is 0.308. The molecule has 0 fully saturated rings. The second-order valence-corrected chi connectivity index (χ2v) is 4.67. The predicted molar refractivity (Wildman–Crippen MR) is 71.4 cm³/mol. The average molecular weight is 250 g/mol. The van der Waals surface area contributed by atoms with Gasteiger partial charge in [-0.05, 0) is 31.0 Å². The molecule has 2 N–H and O–H groups in total. The molecule has 0 spiro atoms. The van der Waals surface area contributed by atoms with Gasteiger partial charge in [-0.2, -0.15) is 0 Å². The van der Waals surface area contributed by atoms with Crippen LogP contribution in [0.1, 0.15) is 22.5 Å². The van der Waals surface area contributed by atoms with Gasteiger partial charge < -0.3 is 10.3 Å². The van der Waals surface area contributed by atoms with E-state index in [0.29, 0.717) is 5.95 Å². The van der Waals surface area contributed by atoms with Crippen LogP contribution in [-0.4, -0.2) is 9.55 Å². The number of rotatable bonds is 2. The zero-order chi connectivity index (χ0) is 12.6. The van der Waals surface area contributed by atoms with Gasteiger partial charge >= 0.3 is 0 Å². The zero-order valence-corrected chi connectivity index (χ0v) is 11.0. The van der Waals surface area contributed by atoms with Crippen LogP contribution in [0.3, 0.4) is 0 Å². The topological polar surface area (TPSA) is 43.8 Å². The van der Waals surface area contributed by atoms with E-state index in [1.54, 1.807) is 0 Å². The second-order valence-electron chi connectivity index (χ2n) is 4.26. The number of aryl methyl sites for hydroxylation is 1. The first-order valence-corrected chi connectivity index (χ1v) is 5.90. The molecule has 3 nitrogen and oxygen atoms in total. The first kappa shape index (κ1) is 12.0. The lowest BCUT2D eigenvalue weighted by Gasteiger charge is -2.09. The minimum Gasteiger partial charge on any atom is -0.369 e. The van der Waals surface area contributed by atoms with E-state index >= 15 is 0 Å². The van der Waals surface area contributed by atoms with Crippen molar-refractivity contribution in [1.29, 1.82) is 0 Å². The molecule has 90 valence electrons. The van der Waals surface area contributed by atoms with Crippen molar-refractivity contribution in [3.8, 4) is 0 Å². The summed E-state index contributed by atoms with van der Waals surface area (Å²) in [5.41, 5.74) is 10.2. The van der Waals surface area contributed by atoms with Gasteiger partial charge in [0.25, 0.3) is 0 Å². The maximum Gasteiger partial charge on any atom is 0.200 e. The highest BCUT2D eigenvalue weighted by Gasteiger charge is 2.11. The summed E-state index contributed by atoms with van der Waals surface area (Å²) < 4.78 is 1.93. The Bertz CT molecular complexity index is 558. The van der Waals surface area contributed by atoms with Gasteiger partial charge in [0, 0.05) is 24.2 Å². The Balaban J connectivity index is 2.41. The molecule has 1 aromatic heterocycles. The van der Waals surface area contributed by atoms with Crippen LogP contribution in [-0.2, 0) is 13.5 Å². The average Bonchev–Trinajstić information content (AvgIpc) is 2.51. The van der Waals surface area contributed by atoms with Crippen LogP contribution in [0.2, 0.25) is 5.02 Å². The molecule has 0 bridgehead atoms. The number of halogens is 1. The molecule has 0 aliphatic heterocycles. The molecule has 4 heteroatoms. The number of nitrogens with two attached hydrogens (primary N) is 1. The van der Waals surface area contributed by atoms with Crippen LogP contribution in [0.4, 0.5) is 5.95 Å². The molecule has 0 aliphatic carbocycles. The quantitative estimate of drug-likeness (QED) is 0.890. The number of imidazole rings is 1. The summed E-state index contributed by atoms with van der Waals surface area (Å²) in [4.78, 5) is 4.27. The van der Waals surface area contributed by atoms with E-state index in [1.807, 2.05) is 37.6 Å². The molecule has 2 rings (SSSR count). The van der Waals surface area contributed by atoms with Crippen LogP contribution in [0.15, 0.2) is 18.2 Å². The van der Waals surface area contributed by atoms with Gasteiger partial charge in [0.2, 0.25) is 0 Å². The number of benzene rings is 1. The Morgan fingerprint density at radius 2 is 2.06 bits per heavy atom. The molecule has 0 saturated carbocycles. The lowest BCUT2D eigenvalue weighted by molar-refractivity contribution is 0.851. The smallest absolute Gasteiger partial charge is 0.200 e. The summed E-state index contributed by atoms with van der Waals surface area (Å²) >= 11 is 6.12. The first-order chi connectivity index (χ1) is 8.00. The molecule has 0 aliphatic rings. The van der Waals surface area contributed by atoms with Crippen molar-refractivity contribution in [2.45, 2.75) is 20.3 Å². The number of hydrogen-bond acceptors (Lipinski definition) is 2. The normalized spacial score (nSPS) is 10.8. The van der Waals surface area contributed by atoms with Gasteiger partial charge in [0.05, 0.1) is 5.69 Å². The SMILES string of the molecule is Cc1nc(N)n(C)c1Cc1cccc(Cl)c1C. The summed E-state index contributed by atoms with van der Waals surface area (Å²) in [6.07, 6.45) is 0.804. The number of nitrogens with zero attached hydrogens (tertiary/aromatic N) is 2. The third kappa shape index (κ3) is 2.15. The molecule has 0 amide bonds. The standard InChI is InChI=1S/C13H16ClN3/c1-8-10(5-4-6-11(8)14)7-12-9(2)16-13(15)17(12)3/h4-6H,7H2,1-3H3,(H2,15,16). The molecular formula is C13H16ClN3. The molecule has 17 heavy (non-hydrogen) atoms. The highest BCUT2D eigenvalue weighted by atomic mass is 35.5. The number of anilines is 1. The van der Waals surface area contributed by atoms with Gasteiger partial charge in [0.1, 0.15) is 0 Å². The lowest BCUT2D eigenvalue weighted by Crippen LogP contribution is -2.03. The third-order valence-corrected chi connectivity index (χ3v) is 3.60. The highest BCUT2D eigenvalue weighted by Crippen LogP contribution is 2.23. The molecule has 0 atom stereocenters. The Hall–Kier alpha value is -1.48. The van der Waals surface area contributed by atoms with Crippen LogP contribution < -0.4 is 5.73 Å². The number of nitrogen functional groups attached to an aromatic ring is 1. The van der Waals surface area contributed by atoms with E-state index in [4.69, 9.17) is 17.3 Å². The lowest BCUT2D eigenvalue weighted by atomic mass is 10.0. The number of hydrogen-bond donors (Lipinski definition) is 1. The molecule has 1 heterocycles. The van der Waals surface area contributed by atoms with Crippen LogP contribution in [0.5, 0.6) is 0 Å². The van der Waals surface area contributed by atoms with Gasteiger partial charge in [-0.15, -0.1) is 0 Å².